The standard InChI is InChI=1S/C13H24O6S/c1-5-13(11(14)18-6-2,12(15)19-7-3)9-8-10-20(4,16)17/h5-10H2,1-4H3. The first-order valence-electron chi connectivity index (χ1n) is 6.75. The van der Waals surface area contributed by atoms with Crippen LogP contribution in [0.15, 0.2) is 0 Å². The normalized spacial score (nSPS) is 12.0. The van der Waals surface area contributed by atoms with Crippen LogP contribution in [0.4, 0.5) is 0 Å². The van der Waals surface area contributed by atoms with Gasteiger partial charge in [-0.1, -0.05) is 6.92 Å². The number of rotatable bonds is 9. The lowest BCUT2D eigenvalue weighted by molar-refractivity contribution is -0.173. The van der Waals surface area contributed by atoms with Gasteiger partial charge in [-0.25, -0.2) is 8.42 Å². The van der Waals surface area contributed by atoms with Crippen LogP contribution in [-0.2, 0) is 28.9 Å². The first kappa shape index (κ1) is 18.9. The lowest BCUT2D eigenvalue weighted by Crippen LogP contribution is -2.42. The van der Waals surface area contributed by atoms with Crippen LogP contribution < -0.4 is 0 Å². The van der Waals surface area contributed by atoms with Crippen molar-refractivity contribution in [3.05, 3.63) is 0 Å². The second-order valence-electron chi connectivity index (χ2n) is 4.61. The molecule has 0 aromatic carbocycles. The summed E-state index contributed by atoms with van der Waals surface area (Å²) in [6, 6.07) is 0. The van der Waals surface area contributed by atoms with Crippen molar-refractivity contribution in [1.29, 1.82) is 0 Å². The molecule has 0 N–H and O–H groups in total. The van der Waals surface area contributed by atoms with Crippen LogP contribution in [0.25, 0.3) is 0 Å². The maximum atomic E-state index is 12.1. The van der Waals surface area contributed by atoms with E-state index >= 15 is 0 Å². The predicted octanol–water partition coefficient (Wildman–Crippen LogP) is 1.33. The van der Waals surface area contributed by atoms with Gasteiger partial charge in [0, 0.05) is 12.0 Å². The minimum atomic E-state index is -3.13. The van der Waals surface area contributed by atoms with Crippen molar-refractivity contribution in [2.75, 3.05) is 25.2 Å². The molecule has 0 saturated heterocycles. The lowest BCUT2D eigenvalue weighted by Gasteiger charge is -2.27. The number of hydrogen-bond donors (Lipinski definition) is 0. The number of sulfone groups is 1. The molecule has 0 aliphatic carbocycles. The summed E-state index contributed by atoms with van der Waals surface area (Å²) >= 11 is 0. The topological polar surface area (TPSA) is 86.7 Å². The van der Waals surface area contributed by atoms with Crippen molar-refractivity contribution in [3.8, 4) is 0 Å². The van der Waals surface area contributed by atoms with E-state index in [1.807, 2.05) is 0 Å². The van der Waals surface area contributed by atoms with Gasteiger partial charge in [-0.05, 0) is 33.1 Å². The van der Waals surface area contributed by atoms with Crippen molar-refractivity contribution in [3.63, 3.8) is 0 Å². The Hall–Kier alpha value is -1.11. The third-order valence-electron chi connectivity index (χ3n) is 3.05. The lowest BCUT2D eigenvalue weighted by atomic mass is 9.80. The molecule has 7 heteroatoms. The van der Waals surface area contributed by atoms with Gasteiger partial charge < -0.3 is 9.47 Å². The number of carbonyl (C=O) groups is 2. The summed E-state index contributed by atoms with van der Waals surface area (Å²) in [5.41, 5.74) is -1.41. The molecule has 0 aliphatic rings. The first-order chi connectivity index (χ1) is 9.23. The van der Waals surface area contributed by atoms with Crippen molar-refractivity contribution in [2.45, 2.75) is 40.0 Å². The maximum Gasteiger partial charge on any atom is 0.323 e. The number of hydrogen-bond acceptors (Lipinski definition) is 6. The van der Waals surface area contributed by atoms with E-state index < -0.39 is 27.2 Å². The van der Waals surface area contributed by atoms with Gasteiger partial charge in [0.1, 0.15) is 9.84 Å². The fourth-order valence-electron chi connectivity index (χ4n) is 1.93. The molecule has 0 heterocycles. The molecule has 0 saturated carbocycles. The second kappa shape index (κ2) is 8.24. The van der Waals surface area contributed by atoms with Crippen molar-refractivity contribution < 1.29 is 27.5 Å². The predicted molar refractivity (Wildman–Crippen MR) is 74.9 cm³/mol. The van der Waals surface area contributed by atoms with Gasteiger partial charge in [-0.15, -0.1) is 0 Å². The van der Waals surface area contributed by atoms with Crippen LogP contribution in [0.3, 0.4) is 0 Å². The third-order valence-corrected chi connectivity index (χ3v) is 4.08. The zero-order valence-electron chi connectivity index (χ0n) is 12.6. The molecule has 0 aromatic rings. The van der Waals surface area contributed by atoms with E-state index in [0.717, 1.165) is 6.26 Å². The second-order valence-corrected chi connectivity index (χ2v) is 6.87. The van der Waals surface area contributed by atoms with Crippen LogP contribution in [0.1, 0.15) is 40.0 Å². The van der Waals surface area contributed by atoms with Crippen molar-refractivity contribution in [2.24, 2.45) is 5.41 Å². The Balaban J connectivity index is 5.10. The van der Waals surface area contributed by atoms with Crippen LogP contribution in [0.2, 0.25) is 0 Å². The summed E-state index contributed by atoms with van der Waals surface area (Å²) in [6.45, 7) is 5.31. The highest BCUT2D eigenvalue weighted by Gasteiger charge is 2.46. The molecule has 0 bridgehead atoms. The minimum absolute atomic E-state index is 0.0758. The molecule has 20 heavy (non-hydrogen) atoms. The Labute approximate surface area is 120 Å². The number of esters is 2. The molecule has 0 unspecified atom stereocenters. The molecule has 6 nitrogen and oxygen atoms in total. The summed E-state index contributed by atoms with van der Waals surface area (Å²) in [5.74, 6) is -1.36. The summed E-state index contributed by atoms with van der Waals surface area (Å²) < 4.78 is 32.2. The van der Waals surface area contributed by atoms with Gasteiger partial charge in [0.2, 0.25) is 0 Å². The summed E-state index contributed by atoms with van der Waals surface area (Å²) in [7, 11) is -3.13. The molecule has 0 radical (unpaired) electrons. The minimum Gasteiger partial charge on any atom is -0.465 e. The number of ether oxygens (including phenoxy) is 2. The Bertz CT molecular complexity index is 408. The van der Waals surface area contributed by atoms with E-state index in [-0.39, 0.29) is 38.2 Å². The summed E-state index contributed by atoms with van der Waals surface area (Å²) in [6.07, 6.45) is 1.66. The molecule has 0 amide bonds. The van der Waals surface area contributed by atoms with Gasteiger partial charge in [0.05, 0.1) is 13.2 Å². The first-order valence-corrected chi connectivity index (χ1v) is 8.81. The Morgan fingerprint density at radius 2 is 1.45 bits per heavy atom. The van der Waals surface area contributed by atoms with E-state index in [1.165, 1.54) is 0 Å². The molecule has 0 aliphatic heterocycles. The number of carbonyl (C=O) groups excluding carboxylic acids is 2. The highest BCUT2D eigenvalue weighted by molar-refractivity contribution is 7.90. The third kappa shape index (κ3) is 5.48. The zero-order valence-corrected chi connectivity index (χ0v) is 13.4. The summed E-state index contributed by atoms with van der Waals surface area (Å²) in [4.78, 5) is 24.2. The van der Waals surface area contributed by atoms with E-state index in [0.29, 0.717) is 0 Å². The van der Waals surface area contributed by atoms with Crippen LogP contribution in [-0.4, -0.2) is 45.6 Å². The van der Waals surface area contributed by atoms with E-state index in [2.05, 4.69) is 0 Å². The maximum absolute atomic E-state index is 12.1. The molecular formula is C13H24O6S. The largest absolute Gasteiger partial charge is 0.465 e. The van der Waals surface area contributed by atoms with Gasteiger partial charge in [-0.2, -0.15) is 0 Å². The van der Waals surface area contributed by atoms with E-state index in [1.54, 1.807) is 20.8 Å². The molecular weight excluding hydrogens is 284 g/mol. The fraction of sp³-hybridized carbons (Fsp3) is 0.846. The van der Waals surface area contributed by atoms with Crippen LogP contribution >= 0.6 is 0 Å². The monoisotopic (exact) mass is 308 g/mol. The van der Waals surface area contributed by atoms with Gasteiger partial charge >= 0.3 is 11.9 Å². The highest BCUT2D eigenvalue weighted by atomic mass is 32.2. The smallest absolute Gasteiger partial charge is 0.323 e. The Morgan fingerprint density at radius 1 is 1.00 bits per heavy atom. The van der Waals surface area contributed by atoms with E-state index in [4.69, 9.17) is 9.47 Å². The summed E-state index contributed by atoms with van der Waals surface area (Å²) in [5, 5.41) is 0. The average molecular weight is 308 g/mol. The van der Waals surface area contributed by atoms with Gasteiger partial charge in [-0.3, -0.25) is 9.59 Å². The van der Waals surface area contributed by atoms with Crippen LogP contribution in [0.5, 0.6) is 0 Å². The van der Waals surface area contributed by atoms with Gasteiger partial charge in [0.25, 0.3) is 0 Å². The van der Waals surface area contributed by atoms with Crippen LogP contribution in [0, 0.1) is 5.41 Å². The van der Waals surface area contributed by atoms with Gasteiger partial charge in [0.15, 0.2) is 5.41 Å². The molecule has 0 fully saturated rings. The Morgan fingerprint density at radius 3 is 1.75 bits per heavy atom. The fourth-order valence-corrected chi connectivity index (χ4v) is 2.60. The molecule has 118 valence electrons. The molecule has 0 atom stereocenters. The Kier molecular flexibility index (Phi) is 7.78. The average Bonchev–Trinajstić information content (AvgIpc) is 2.34. The quantitative estimate of drug-likeness (QED) is 0.472. The SMILES string of the molecule is CCOC(=O)C(CC)(CCCS(C)(=O)=O)C(=O)OCC. The van der Waals surface area contributed by atoms with Crippen molar-refractivity contribution >= 4 is 21.8 Å². The van der Waals surface area contributed by atoms with E-state index in [9.17, 15) is 18.0 Å². The molecule has 0 aromatic heterocycles. The molecule has 0 spiro atoms. The highest BCUT2D eigenvalue weighted by Crippen LogP contribution is 2.32. The molecule has 0 rings (SSSR count). The van der Waals surface area contributed by atoms with Crippen molar-refractivity contribution in [1.82, 2.24) is 0 Å². The zero-order chi connectivity index (χ0) is 15.8.